The minimum Gasteiger partial charge on any atom is -0.480 e. The average Bonchev–Trinajstić information content (AvgIpc) is 2.86. The van der Waals surface area contributed by atoms with Crippen LogP contribution in [-0.4, -0.2) is 27.1 Å². The number of aromatic nitrogens is 2. The molecule has 0 saturated carbocycles. The number of H-pyrrole nitrogens is 1. The largest absolute Gasteiger partial charge is 0.480 e. The summed E-state index contributed by atoms with van der Waals surface area (Å²) in [4.78, 5) is 18.6. The Bertz CT molecular complexity index is 621. The molecule has 1 aliphatic rings. The van der Waals surface area contributed by atoms with Gasteiger partial charge in [0.15, 0.2) is 0 Å². The van der Waals surface area contributed by atoms with Gasteiger partial charge < -0.3 is 10.1 Å². The number of nitrogens with one attached hydrogen (secondary N) is 2. The van der Waals surface area contributed by atoms with Crippen LogP contribution in [0.25, 0.3) is 0 Å². The number of carbonyl (C=O) groups is 1. The molecule has 0 amide bonds. The lowest BCUT2D eigenvalue weighted by molar-refractivity contribution is -0.139. The van der Waals surface area contributed by atoms with Crippen molar-refractivity contribution in [3.05, 3.63) is 53.1 Å². The maximum Gasteiger partial charge on any atom is 0.321 e. The van der Waals surface area contributed by atoms with Crippen molar-refractivity contribution < 1.29 is 9.90 Å². The summed E-state index contributed by atoms with van der Waals surface area (Å²) in [5, 5.41) is 12.4. The molecular formula is C14H15N3O2. The third-order valence-corrected chi connectivity index (χ3v) is 3.60. The van der Waals surface area contributed by atoms with E-state index in [2.05, 4.69) is 15.3 Å². The summed E-state index contributed by atoms with van der Waals surface area (Å²) in [7, 11) is 0. The zero-order valence-corrected chi connectivity index (χ0v) is 10.6. The van der Waals surface area contributed by atoms with E-state index >= 15 is 0 Å². The predicted molar refractivity (Wildman–Crippen MR) is 69.9 cm³/mol. The first-order chi connectivity index (χ1) is 9.16. The monoisotopic (exact) mass is 257 g/mol. The van der Waals surface area contributed by atoms with Crippen molar-refractivity contribution in [2.45, 2.75) is 25.4 Å². The van der Waals surface area contributed by atoms with Gasteiger partial charge in [-0.15, -0.1) is 0 Å². The molecule has 2 heterocycles. The molecular weight excluding hydrogens is 242 g/mol. The molecule has 2 atom stereocenters. The maximum atomic E-state index is 11.3. The Morgan fingerprint density at radius 1 is 1.42 bits per heavy atom. The number of carboxylic acid groups (broad SMARTS) is 1. The zero-order valence-electron chi connectivity index (χ0n) is 10.6. The molecule has 0 radical (unpaired) electrons. The highest BCUT2D eigenvalue weighted by Crippen LogP contribution is 2.30. The van der Waals surface area contributed by atoms with E-state index in [0.717, 1.165) is 22.5 Å². The normalized spacial score (nSPS) is 21.9. The van der Waals surface area contributed by atoms with Gasteiger partial charge in [0.05, 0.1) is 18.1 Å². The van der Waals surface area contributed by atoms with Crippen molar-refractivity contribution in [2.24, 2.45) is 0 Å². The molecule has 3 rings (SSSR count). The summed E-state index contributed by atoms with van der Waals surface area (Å²) < 4.78 is 0. The van der Waals surface area contributed by atoms with Gasteiger partial charge in [0.25, 0.3) is 0 Å². The number of nitrogens with zero attached hydrogens (tertiary/aromatic N) is 1. The van der Waals surface area contributed by atoms with Crippen LogP contribution in [0.4, 0.5) is 0 Å². The Balaban J connectivity index is 2.06. The molecule has 0 bridgehead atoms. The van der Waals surface area contributed by atoms with E-state index in [0.29, 0.717) is 6.42 Å². The topological polar surface area (TPSA) is 78.0 Å². The van der Waals surface area contributed by atoms with E-state index in [1.54, 1.807) is 6.33 Å². The minimum atomic E-state index is -0.834. The van der Waals surface area contributed by atoms with E-state index in [1.165, 1.54) is 0 Å². The molecule has 1 aromatic carbocycles. The fraction of sp³-hybridized carbons (Fsp3) is 0.286. The highest BCUT2D eigenvalue weighted by atomic mass is 16.4. The molecule has 0 spiro atoms. The van der Waals surface area contributed by atoms with Crippen LogP contribution < -0.4 is 5.32 Å². The standard InChI is InChI=1S/C14H15N3O2/c1-8-4-2-3-5-9(8)12-13-10(15-7-16-13)6-11(17-12)14(18)19/h2-5,7,11-12,17H,6H2,1H3,(H,15,16)(H,18,19). The Labute approximate surface area is 110 Å². The highest BCUT2D eigenvalue weighted by Gasteiger charge is 2.33. The lowest BCUT2D eigenvalue weighted by atomic mass is 9.91. The molecule has 0 saturated heterocycles. The molecule has 5 nitrogen and oxygen atoms in total. The minimum absolute atomic E-state index is 0.169. The second-order valence-electron chi connectivity index (χ2n) is 4.82. The third-order valence-electron chi connectivity index (χ3n) is 3.60. The summed E-state index contributed by atoms with van der Waals surface area (Å²) in [6, 6.07) is 7.21. The molecule has 3 N–H and O–H groups in total. The van der Waals surface area contributed by atoms with Crippen molar-refractivity contribution in [1.29, 1.82) is 0 Å². The van der Waals surface area contributed by atoms with Crippen molar-refractivity contribution in [3.63, 3.8) is 0 Å². The Hall–Kier alpha value is -2.14. The van der Waals surface area contributed by atoms with Crippen LogP contribution in [0.3, 0.4) is 0 Å². The first kappa shape index (κ1) is 11.9. The van der Waals surface area contributed by atoms with Gasteiger partial charge >= 0.3 is 5.97 Å². The van der Waals surface area contributed by atoms with Crippen molar-refractivity contribution in [1.82, 2.24) is 15.3 Å². The number of aryl methyl sites for hydroxylation is 1. The van der Waals surface area contributed by atoms with E-state index in [4.69, 9.17) is 0 Å². The fourth-order valence-corrected chi connectivity index (χ4v) is 2.59. The number of aliphatic carboxylic acids is 1. The Morgan fingerprint density at radius 2 is 2.21 bits per heavy atom. The summed E-state index contributed by atoms with van der Waals surface area (Å²) in [6.45, 7) is 2.02. The number of fused-ring (bicyclic) bond motifs is 1. The van der Waals surface area contributed by atoms with E-state index in [-0.39, 0.29) is 6.04 Å². The van der Waals surface area contributed by atoms with Gasteiger partial charge in [-0.2, -0.15) is 0 Å². The van der Waals surface area contributed by atoms with Crippen molar-refractivity contribution in [2.75, 3.05) is 0 Å². The number of imidazole rings is 1. The number of aromatic amines is 1. The smallest absolute Gasteiger partial charge is 0.321 e. The molecule has 19 heavy (non-hydrogen) atoms. The van der Waals surface area contributed by atoms with Crippen molar-refractivity contribution >= 4 is 5.97 Å². The van der Waals surface area contributed by atoms with Gasteiger partial charge in [0.2, 0.25) is 0 Å². The Morgan fingerprint density at radius 3 is 2.95 bits per heavy atom. The van der Waals surface area contributed by atoms with Crippen LogP contribution in [0.15, 0.2) is 30.6 Å². The van der Waals surface area contributed by atoms with Crippen LogP contribution in [0.1, 0.15) is 28.6 Å². The molecule has 0 aliphatic carbocycles. The summed E-state index contributed by atoms with van der Waals surface area (Å²) in [6.07, 6.45) is 2.06. The number of benzene rings is 1. The number of carboxylic acids is 1. The summed E-state index contributed by atoms with van der Waals surface area (Å²) in [5.41, 5.74) is 3.99. The second kappa shape index (κ2) is 4.51. The fourth-order valence-electron chi connectivity index (χ4n) is 2.59. The van der Waals surface area contributed by atoms with Gasteiger partial charge in [-0.3, -0.25) is 10.1 Å². The summed E-state index contributed by atoms with van der Waals surface area (Å²) in [5.74, 6) is -0.834. The van der Waals surface area contributed by atoms with Crippen LogP contribution in [0.2, 0.25) is 0 Å². The van der Waals surface area contributed by atoms with Crippen LogP contribution >= 0.6 is 0 Å². The second-order valence-corrected chi connectivity index (χ2v) is 4.82. The summed E-state index contributed by atoms with van der Waals surface area (Å²) >= 11 is 0. The van der Waals surface area contributed by atoms with Crippen LogP contribution in [-0.2, 0) is 11.2 Å². The number of hydrogen-bond donors (Lipinski definition) is 3. The molecule has 2 unspecified atom stereocenters. The van der Waals surface area contributed by atoms with Gasteiger partial charge in [0.1, 0.15) is 6.04 Å². The first-order valence-electron chi connectivity index (χ1n) is 6.23. The van der Waals surface area contributed by atoms with Gasteiger partial charge in [0, 0.05) is 12.1 Å². The quantitative estimate of drug-likeness (QED) is 0.760. The maximum absolute atomic E-state index is 11.3. The number of rotatable bonds is 2. The van der Waals surface area contributed by atoms with E-state index in [9.17, 15) is 9.90 Å². The van der Waals surface area contributed by atoms with Gasteiger partial charge in [-0.25, -0.2) is 4.98 Å². The van der Waals surface area contributed by atoms with Crippen LogP contribution in [0, 0.1) is 6.92 Å². The molecule has 1 aromatic heterocycles. The van der Waals surface area contributed by atoms with Gasteiger partial charge in [-0.05, 0) is 18.1 Å². The van der Waals surface area contributed by atoms with E-state index in [1.807, 2.05) is 31.2 Å². The average molecular weight is 257 g/mol. The SMILES string of the molecule is Cc1ccccc1C1NC(C(=O)O)Cc2[nH]cnc21. The van der Waals surface area contributed by atoms with Gasteiger partial charge in [-0.1, -0.05) is 24.3 Å². The first-order valence-corrected chi connectivity index (χ1v) is 6.23. The van der Waals surface area contributed by atoms with Crippen molar-refractivity contribution in [3.8, 4) is 0 Å². The predicted octanol–water partition coefficient (Wildman–Crippen LogP) is 1.41. The van der Waals surface area contributed by atoms with E-state index < -0.39 is 12.0 Å². The molecule has 2 aromatic rings. The third kappa shape index (κ3) is 2.02. The lowest BCUT2D eigenvalue weighted by Crippen LogP contribution is -2.45. The molecule has 98 valence electrons. The van der Waals surface area contributed by atoms with Crippen LogP contribution in [0.5, 0.6) is 0 Å². The Kier molecular flexibility index (Phi) is 2.83. The highest BCUT2D eigenvalue weighted by molar-refractivity contribution is 5.74. The lowest BCUT2D eigenvalue weighted by Gasteiger charge is -2.29. The molecule has 0 fully saturated rings. The zero-order chi connectivity index (χ0) is 13.4. The molecule has 5 heteroatoms. The molecule has 1 aliphatic heterocycles. The number of hydrogen-bond acceptors (Lipinski definition) is 3.